The van der Waals surface area contributed by atoms with E-state index in [0.29, 0.717) is 11.3 Å². The first-order valence-corrected chi connectivity index (χ1v) is 10.2. The number of aromatic nitrogens is 1. The van der Waals surface area contributed by atoms with Crippen LogP contribution in [0.25, 0.3) is 0 Å². The number of sulfone groups is 1. The largest absolute Gasteiger partial charge is 0.341 e. The number of carbonyl (C=O) groups is 1. The minimum Gasteiger partial charge on any atom is -0.319 e. The number of hydrogen-bond acceptors (Lipinski definition) is 4. The molecule has 0 N–H and O–H groups in total. The van der Waals surface area contributed by atoms with Crippen LogP contribution in [-0.4, -0.2) is 24.6 Å². The Hall–Kier alpha value is -2.65. The molecule has 0 atom stereocenters. The van der Waals surface area contributed by atoms with Crippen LogP contribution in [0, 0.1) is 0 Å². The molecule has 0 aliphatic carbocycles. The zero-order valence-electron chi connectivity index (χ0n) is 13.8. The lowest BCUT2D eigenvalue weighted by Crippen LogP contribution is -2.17. The van der Waals surface area contributed by atoms with Crippen LogP contribution >= 0.6 is 11.3 Å². The van der Waals surface area contributed by atoms with Crippen LogP contribution in [0.1, 0.15) is 15.9 Å². The number of nitrogens with zero attached hydrogens (tertiary/aromatic N) is 2. The summed E-state index contributed by atoms with van der Waals surface area (Å²) in [7, 11) is -4.69. The first kappa shape index (κ1) is 19.1. The molecule has 0 fully saturated rings. The molecule has 3 aromatic rings. The van der Waals surface area contributed by atoms with Gasteiger partial charge in [-0.05, 0) is 29.8 Å². The van der Waals surface area contributed by atoms with Crippen LogP contribution in [0.5, 0.6) is 0 Å². The van der Waals surface area contributed by atoms with Gasteiger partial charge in [0, 0.05) is 23.7 Å². The number of thiazole rings is 1. The first-order chi connectivity index (χ1) is 12.9. The van der Waals surface area contributed by atoms with Crippen molar-refractivity contribution in [1.82, 2.24) is 4.57 Å². The van der Waals surface area contributed by atoms with Gasteiger partial charge >= 0.3 is 5.76 Å². The van der Waals surface area contributed by atoms with Gasteiger partial charge in [0.05, 0.1) is 4.90 Å². The second kappa shape index (κ2) is 7.93. The van der Waals surface area contributed by atoms with E-state index >= 15 is 0 Å². The predicted octanol–water partition coefficient (Wildman–Crippen LogP) is 3.34. The molecule has 27 heavy (non-hydrogen) atoms. The summed E-state index contributed by atoms with van der Waals surface area (Å²) in [6.07, 6.45) is 1.81. The highest BCUT2D eigenvalue weighted by molar-refractivity contribution is 7.91. The van der Waals surface area contributed by atoms with E-state index in [1.807, 2.05) is 41.1 Å². The van der Waals surface area contributed by atoms with Crippen LogP contribution in [0.2, 0.25) is 0 Å². The van der Waals surface area contributed by atoms with Crippen LogP contribution in [0.3, 0.4) is 0 Å². The van der Waals surface area contributed by atoms with Crippen molar-refractivity contribution in [1.29, 1.82) is 0 Å². The van der Waals surface area contributed by atoms with E-state index in [-0.39, 0.29) is 5.56 Å². The standard InChI is InChI=1S/C18H14F2N2O3S2/c19-17(20)27(24,25)15-8-6-14(7-9-15)16(23)21-18-22(10-11-26-18)12-13-4-2-1-3-5-13/h1-11,17H,12H2. The summed E-state index contributed by atoms with van der Waals surface area (Å²) in [5.74, 6) is -4.09. The van der Waals surface area contributed by atoms with Gasteiger partial charge in [0.1, 0.15) is 0 Å². The van der Waals surface area contributed by atoms with Crippen LogP contribution in [0.4, 0.5) is 8.78 Å². The molecular weight excluding hydrogens is 394 g/mol. The van der Waals surface area contributed by atoms with Gasteiger partial charge in [-0.15, -0.1) is 11.3 Å². The molecule has 1 aromatic heterocycles. The molecule has 0 radical (unpaired) electrons. The smallest absolute Gasteiger partial charge is 0.319 e. The fourth-order valence-corrected chi connectivity index (χ4v) is 3.78. The Balaban J connectivity index is 1.85. The van der Waals surface area contributed by atoms with Gasteiger partial charge in [0.15, 0.2) is 4.80 Å². The van der Waals surface area contributed by atoms with Crippen LogP contribution in [0.15, 0.2) is 76.1 Å². The Morgan fingerprint density at radius 3 is 2.37 bits per heavy atom. The Morgan fingerprint density at radius 1 is 1.07 bits per heavy atom. The fraction of sp³-hybridized carbons (Fsp3) is 0.111. The molecule has 140 valence electrons. The molecule has 0 spiro atoms. The summed E-state index contributed by atoms with van der Waals surface area (Å²) in [6, 6.07) is 14.0. The minimum absolute atomic E-state index is 0.114. The average molecular weight is 408 g/mol. The molecule has 3 rings (SSSR count). The molecule has 0 saturated carbocycles. The molecule has 0 bridgehead atoms. The van der Waals surface area contributed by atoms with Gasteiger partial charge < -0.3 is 4.57 Å². The highest BCUT2D eigenvalue weighted by Crippen LogP contribution is 2.18. The Bertz CT molecular complexity index is 1100. The van der Waals surface area contributed by atoms with Crippen molar-refractivity contribution < 1.29 is 22.0 Å². The van der Waals surface area contributed by atoms with Crippen molar-refractivity contribution in [2.45, 2.75) is 17.2 Å². The molecule has 0 aliphatic rings. The predicted molar refractivity (Wildman–Crippen MR) is 97.4 cm³/mol. The topological polar surface area (TPSA) is 68.5 Å². The summed E-state index contributed by atoms with van der Waals surface area (Å²) in [5.41, 5.74) is 1.16. The first-order valence-electron chi connectivity index (χ1n) is 7.77. The lowest BCUT2D eigenvalue weighted by molar-refractivity contribution is 0.0997. The third-order valence-corrected chi connectivity index (χ3v) is 5.91. The second-order valence-corrected chi connectivity index (χ2v) is 8.34. The Labute approximate surface area is 158 Å². The van der Waals surface area contributed by atoms with Gasteiger partial charge in [-0.1, -0.05) is 30.3 Å². The summed E-state index contributed by atoms with van der Waals surface area (Å²) in [6.45, 7) is 0.544. The summed E-state index contributed by atoms with van der Waals surface area (Å²) in [5, 5.41) is 1.80. The normalized spacial score (nSPS) is 12.5. The van der Waals surface area contributed by atoms with Crippen molar-refractivity contribution >= 4 is 27.1 Å². The quantitative estimate of drug-likeness (QED) is 0.650. The SMILES string of the molecule is O=C(N=c1sccn1Cc1ccccc1)c1ccc(S(=O)(=O)C(F)F)cc1. The number of halogens is 2. The number of carbonyl (C=O) groups excluding carboxylic acids is 1. The van der Waals surface area contributed by atoms with Crippen molar-refractivity contribution in [2.75, 3.05) is 0 Å². The zero-order chi connectivity index (χ0) is 19.4. The summed E-state index contributed by atoms with van der Waals surface area (Å²) in [4.78, 5) is 16.3. The van der Waals surface area contributed by atoms with Gasteiger partial charge in [-0.25, -0.2) is 8.42 Å². The molecule has 2 aromatic carbocycles. The van der Waals surface area contributed by atoms with E-state index in [1.54, 1.807) is 5.38 Å². The van der Waals surface area contributed by atoms with Crippen molar-refractivity contribution in [2.24, 2.45) is 4.99 Å². The molecule has 9 heteroatoms. The minimum atomic E-state index is -4.69. The number of alkyl halides is 2. The molecule has 1 amide bonds. The third-order valence-electron chi connectivity index (χ3n) is 3.72. The maximum absolute atomic E-state index is 12.6. The van der Waals surface area contributed by atoms with Crippen molar-refractivity contribution in [3.63, 3.8) is 0 Å². The van der Waals surface area contributed by atoms with Crippen molar-refractivity contribution in [3.8, 4) is 0 Å². The number of hydrogen-bond donors (Lipinski definition) is 0. The number of benzene rings is 2. The third kappa shape index (κ3) is 4.37. The lowest BCUT2D eigenvalue weighted by atomic mass is 10.2. The van der Waals surface area contributed by atoms with Crippen molar-refractivity contribution in [3.05, 3.63) is 82.1 Å². The average Bonchev–Trinajstić information content (AvgIpc) is 3.09. The molecular formula is C18H14F2N2O3S2. The van der Waals surface area contributed by atoms with Crippen LogP contribution in [-0.2, 0) is 16.4 Å². The van der Waals surface area contributed by atoms with E-state index in [0.717, 1.165) is 17.7 Å². The highest BCUT2D eigenvalue weighted by Gasteiger charge is 2.26. The molecule has 0 unspecified atom stereocenters. The molecule has 5 nitrogen and oxygen atoms in total. The molecule has 0 saturated heterocycles. The maximum Gasteiger partial charge on any atom is 0.341 e. The zero-order valence-corrected chi connectivity index (χ0v) is 15.5. The van der Waals surface area contributed by atoms with E-state index in [2.05, 4.69) is 4.99 Å². The maximum atomic E-state index is 12.6. The van der Waals surface area contributed by atoms with E-state index in [4.69, 9.17) is 0 Å². The summed E-state index contributed by atoms with van der Waals surface area (Å²) >= 11 is 1.28. The van der Waals surface area contributed by atoms with E-state index < -0.39 is 26.4 Å². The second-order valence-electron chi connectivity index (χ2n) is 5.55. The monoisotopic (exact) mass is 408 g/mol. The van der Waals surface area contributed by atoms with Gasteiger partial charge in [-0.3, -0.25) is 4.79 Å². The van der Waals surface area contributed by atoms with E-state index in [1.165, 1.54) is 23.5 Å². The summed E-state index contributed by atoms with van der Waals surface area (Å²) < 4.78 is 49.8. The van der Waals surface area contributed by atoms with Crippen LogP contribution < -0.4 is 4.80 Å². The molecule has 1 heterocycles. The number of rotatable bonds is 5. The number of amides is 1. The van der Waals surface area contributed by atoms with Gasteiger partial charge in [-0.2, -0.15) is 13.8 Å². The Kier molecular flexibility index (Phi) is 5.62. The van der Waals surface area contributed by atoms with Gasteiger partial charge in [0.2, 0.25) is 9.84 Å². The lowest BCUT2D eigenvalue weighted by Gasteiger charge is -2.04. The fourth-order valence-electron chi connectivity index (χ4n) is 2.33. The van der Waals surface area contributed by atoms with E-state index in [9.17, 15) is 22.0 Å². The van der Waals surface area contributed by atoms with Gasteiger partial charge in [0.25, 0.3) is 5.91 Å². The molecule has 0 aliphatic heterocycles. The Morgan fingerprint density at radius 2 is 1.74 bits per heavy atom. The highest BCUT2D eigenvalue weighted by atomic mass is 32.2.